The Bertz CT molecular complexity index is 330. The maximum atomic E-state index is 6.11. The van der Waals surface area contributed by atoms with Crippen LogP contribution in [-0.4, -0.2) is 18.3 Å². The molecule has 0 spiro atoms. The smallest absolute Gasteiger partial charge is 0.0541 e. The van der Waals surface area contributed by atoms with Gasteiger partial charge in [-0.3, -0.25) is 0 Å². The standard InChI is InChI=1S/C15H24ClNS/c1-3-4-5-8-13(2)17-11-12-18-15-10-7-6-9-14(15)16/h6-7,9-10,13,17H,3-5,8,11-12H2,1-2H3. The molecule has 1 aromatic rings. The van der Waals surface area contributed by atoms with Crippen LogP contribution in [0.15, 0.2) is 29.2 Å². The SMILES string of the molecule is CCCCCC(C)NCCSc1ccccc1Cl. The summed E-state index contributed by atoms with van der Waals surface area (Å²) in [4.78, 5) is 1.18. The first-order chi connectivity index (χ1) is 8.74. The van der Waals surface area contributed by atoms with Crippen molar-refractivity contribution >= 4 is 23.4 Å². The molecule has 0 aliphatic rings. The van der Waals surface area contributed by atoms with E-state index in [-0.39, 0.29) is 0 Å². The van der Waals surface area contributed by atoms with Gasteiger partial charge in [-0.1, -0.05) is 49.9 Å². The van der Waals surface area contributed by atoms with E-state index in [2.05, 4.69) is 25.2 Å². The first kappa shape index (κ1) is 15.9. The number of nitrogens with one attached hydrogen (secondary N) is 1. The van der Waals surface area contributed by atoms with Crippen LogP contribution in [0.25, 0.3) is 0 Å². The van der Waals surface area contributed by atoms with Gasteiger partial charge in [-0.05, 0) is 25.5 Å². The molecule has 1 nitrogen and oxygen atoms in total. The Morgan fingerprint density at radius 1 is 1.28 bits per heavy atom. The molecule has 0 amide bonds. The molecule has 1 aromatic carbocycles. The fourth-order valence-electron chi connectivity index (χ4n) is 1.83. The van der Waals surface area contributed by atoms with Crippen LogP contribution in [0.5, 0.6) is 0 Å². The first-order valence-corrected chi connectivity index (χ1v) is 8.21. The van der Waals surface area contributed by atoms with Crippen LogP contribution in [0.2, 0.25) is 5.02 Å². The van der Waals surface area contributed by atoms with Crippen LogP contribution in [0.1, 0.15) is 39.5 Å². The minimum atomic E-state index is 0.628. The highest BCUT2D eigenvalue weighted by atomic mass is 35.5. The lowest BCUT2D eigenvalue weighted by molar-refractivity contribution is 0.502. The van der Waals surface area contributed by atoms with Gasteiger partial charge >= 0.3 is 0 Å². The second-order valence-corrected chi connectivity index (χ2v) is 6.17. The number of unbranched alkanes of at least 4 members (excludes halogenated alkanes) is 2. The molecule has 0 radical (unpaired) electrons. The van der Waals surface area contributed by atoms with Crippen molar-refractivity contribution in [1.82, 2.24) is 5.32 Å². The van der Waals surface area contributed by atoms with Gasteiger partial charge in [0.1, 0.15) is 0 Å². The Labute approximate surface area is 121 Å². The van der Waals surface area contributed by atoms with Crippen LogP contribution >= 0.6 is 23.4 Å². The van der Waals surface area contributed by atoms with Crippen molar-refractivity contribution in [1.29, 1.82) is 0 Å². The molecule has 0 saturated heterocycles. The summed E-state index contributed by atoms with van der Waals surface area (Å²) < 4.78 is 0. The number of hydrogen-bond donors (Lipinski definition) is 1. The third kappa shape index (κ3) is 6.67. The molecular formula is C15H24ClNS. The Balaban J connectivity index is 2.09. The minimum Gasteiger partial charge on any atom is -0.313 e. The van der Waals surface area contributed by atoms with Crippen molar-refractivity contribution in [3.8, 4) is 0 Å². The summed E-state index contributed by atoms with van der Waals surface area (Å²) in [6, 6.07) is 8.67. The molecule has 1 unspecified atom stereocenters. The molecule has 0 saturated carbocycles. The van der Waals surface area contributed by atoms with Crippen LogP contribution < -0.4 is 5.32 Å². The zero-order valence-corrected chi connectivity index (χ0v) is 13.0. The summed E-state index contributed by atoms with van der Waals surface area (Å²) >= 11 is 7.93. The number of benzene rings is 1. The van der Waals surface area contributed by atoms with E-state index in [1.165, 1.54) is 30.6 Å². The van der Waals surface area contributed by atoms with Gasteiger partial charge < -0.3 is 5.32 Å². The van der Waals surface area contributed by atoms with Gasteiger partial charge in [0.25, 0.3) is 0 Å². The van der Waals surface area contributed by atoms with Crippen LogP contribution in [0.4, 0.5) is 0 Å². The van der Waals surface area contributed by atoms with E-state index in [0.717, 1.165) is 17.3 Å². The summed E-state index contributed by atoms with van der Waals surface area (Å²) in [5.41, 5.74) is 0. The van der Waals surface area contributed by atoms with Gasteiger partial charge in [0.15, 0.2) is 0 Å². The molecule has 1 rings (SSSR count). The van der Waals surface area contributed by atoms with Crippen LogP contribution in [0, 0.1) is 0 Å². The summed E-state index contributed by atoms with van der Waals surface area (Å²) in [5.74, 6) is 1.07. The number of hydrogen-bond acceptors (Lipinski definition) is 2. The Morgan fingerprint density at radius 2 is 2.06 bits per heavy atom. The van der Waals surface area contributed by atoms with E-state index < -0.39 is 0 Å². The second-order valence-electron chi connectivity index (χ2n) is 4.63. The average molecular weight is 286 g/mol. The van der Waals surface area contributed by atoms with Gasteiger partial charge in [0.05, 0.1) is 5.02 Å². The summed E-state index contributed by atoms with van der Waals surface area (Å²) in [6.07, 6.45) is 5.27. The lowest BCUT2D eigenvalue weighted by Crippen LogP contribution is -2.28. The van der Waals surface area contributed by atoms with Gasteiger partial charge in [-0.25, -0.2) is 0 Å². The van der Waals surface area contributed by atoms with E-state index >= 15 is 0 Å². The molecule has 0 aliphatic carbocycles. The molecule has 18 heavy (non-hydrogen) atoms. The fraction of sp³-hybridized carbons (Fsp3) is 0.600. The normalized spacial score (nSPS) is 12.6. The summed E-state index contributed by atoms with van der Waals surface area (Å²) in [7, 11) is 0. The predicted molar refractivity (Wildman–Crippen MR) is 83.8 cm³/mol. The Kier molecular flexibility index (Phi) is 8.57. The number of thioether (sulfide) groups is 1. The molecule has 0 aliphatic heterocycles. The fourth-order valence-corrected chi connectivity index (χ4v) is 2.95. The number of rotatable bonds is 9. The molecule has 0 fully saturated rings. The topological polar surface area (TPSA) is 12.0 Å². The van der Waals surface area contributed by atoms with E-state index in [4.69, 9.17) is 11.6 Å². The van der Waals surface area contributed by atoms with Gasteiger partial charge in [0.2, 0.25) is 0 Å². The van der Waals surface area contributed by atoms with E-state index in [1.807, 2.05) is 30.0 Å². The summed E-state index contributed by atoms with van der Waals surface area (Å²) in [5, 5.41) is 4.43. The minimum absolute atomic E-state index is 0.628. The third-order valence-electron chi connectivity index (χ3n) is 2.93. The lowest BCUT2D eigenvalue weighted by atomic mass is 10.1. The summed E-state index contributed by atoms with van der Waals surface area (Å²) in [6.45, 7) is 5.57. The lowest BCUT2D eigenvalue weighted by Gasteiger charge is -2.13. The highest BCUT2D eigenvalue weighted by Gasteiger charge is 2.02. The second kappa shape index (κ2) is 9.71. The number of halogens is 1. The zero-order valence-electron chi connectivity index (χ0n) is 11.4. The van der Waals surface area contributed by atoms with Crippen molar-refractivity contribution < 1.29 is 0 Å². The average Bonchev–Trinajstić information content (AvgIpc) is 2.37. The third-order valence-corrected chi connectivity index (χ3v) is 4.45. The molecule has 1 atom stereocenters. The predicted octanol–water partition coefficient (Wildman–Crippen LogP) is 4.99. The maximum Gasteiger partial charge on any atom is 0.0541 e. The van der Waals surface area contributed by atoms with Crippen molar-refractivity contribution in [2.24, 2.45) is 0 Å². The van der Waals surface area contributed by atoms with E-state index in [9.17, 15) is 0 Å². The van der Waals surface area contributed by atoms with Gasteiger partial charge in [-0.2, -0.15) is 0 Å². The molecule has 0 bridgehead atoms. The molecule has 1 N–H and O–H groups in total. The Hall–Kier alpha value is -0.180. The van der Waals surface area contributed by atoms with Crippen molar-refractivity contribution in [2.75, 3.05) is 12.3 Å². The van der Waals surface area contributed by atoms with Gasteiger partial charge in [-0.15, -0.1) is 11.8 Å². The van der Waals surface area contributed by atoms with Crippen LogP contribution in [-0.2, 0) is 0 Å². The highest BCUT2D eigenvalue weighted by molar-refractivity contribution is 7.99. The van der Waals surface area contributed by atoms with Crippen LogP contribution in [0.3, 0.4) is 0 Å². The quantitative estimate of drug-likeness (QED) is 0.507. The monoisotopic (exact) mass is 285 g/mol. The highest BCUT2D eigenvalue weighted by Crippen LogP contribution is 2.25. The Morgan fingerprint density at radius 3 is 2.78 bits per heavy atom. The molecule has 0 heterocycles. The maximum absolute atomic E-state index is 6.11. The van der Waals surface area contributed by atoms with Gasteiger partial charge in [0, 0.05) is 23.2 Å². The van der Waals surface area contributed by atoms with E-state index in [0.29, 0.717) is 6.04 Å². The first-order valence-electron chi connectivity index (χ1n) is 6.84. The molecule has 102 valence electrons. The molecule has 3 heteroatoms. The zero-order chi connectivity index (χ0) is 13.2. The molecular weight excluding hydrogens is 262 g/mol. The van der Waals surface area contributed by atoms with Crippen molar-refractivity contribution in [3.63, 3.8) is 0 Å². The van der Waals surface area contributed by atoms with Crippen molar-refractivity contribution in [3.05, 3.63) is 29.3 Å². The molecule has 0 aromatic heterocycles. The van der Waals surface area contributed by atoms with E-state index in [1.54, 1.807) is 0 Å². The van der Waals surface area contributed by atoms with Crippen molar-refractivity contribution in [2.45, 2.75) is 50.5 Å². The largest absolute Gasteiger partial charge is 0.313 e.